The van der Waals surface area contributed by atoms with E-state index in [2.05, 4.69) is 38.2 Å². The van der Waals surface area contributed by atoms with Gasteiger partial charge in [0.1, 0.15) is 0 Å². The van der Waals surface area contributed by atoms with E-state index in [-0.39, 0.29) is 23.9 Å². The van der Waals surface area contributed by atoms with Crippen molar-refractivity contribution in [3.63, 3.8) is 0 Å². The zero-order valence-electron chi connectivity index (χ0n) is 14.9. The fourth-order valence-corrected chi connectivity index (χ4v) is 3.46. The van der Waals surface area contributed by atoms with Gasteiger partial charge in [-0.25, -0.2) is 4.79 Å². The molecule has 1 saturated heterocycles. The van der Waals surface area contributed by atoms with Crippen molar-refractivity contribution in [2.75, 3.05) is 13.1 Å². The molecule has 2 rings (SSSR count). The minimum atomic E-state index is -0.290. The van der Waals surface area contributed by atoms with Crippen LogP contribution in [0.5, 0.6) is 0 Å². The largest absolute Gasteiger partial charge is 0.370 e. The van der Waals surface area contributed by atoms with Gasteiger partial charge in [-0.3, -0.25) is 4.79 Å². The second-order valence-corrected chi connectivity index (χ2v) is 7.15. The number of benzene rings is 1. The molecule has 1 aliphatic rings. The van der Waals surface area contributed by atoms with Gasteiger partial charge in [0, 0.05) is 19.5 Å². The first-order chi connectivity index (χ1) is 11.4. The van der Waals surface area contributed by atoms with Crippen molar-refractivity contribution in [2.45, 2.75) is 46.1 Å². The van der Waals surface area contributed by atoms with Crippen LogP contribution in [0.4, 0.5) is 4.79 Å². The second kappa shape index (κ2) is 8.18. The van der Waals surface area contributed by atoms with Crippen molar-refractivity contribution >= 4 is 11.9 Å². The lowest BCUT2D eigenvalue weighted by atomic mass is 9.92. The van der Waals surface area contributed by atoms with Crippen molar-refractivity contribution in [1.29, 1.82) is 0 Å². The summed E-state index contributed by atoms with van der Waals surface area (Å²) < 4.78 is 0. The number of nitrogens with one attached hydrogen (secondary N) is 1. The average molecular weight is 331 g/mol. The Hall–Kier alpha value is -2.04. The molecular weight excluding hydrogens is 302 g/mol. The molecule has 0 saturated carbocycles. The highest BCUT2D eigenvalue weighted by Gasteiger charge is 2.27. The number of carbonyl (C=O) groups excluding carboxylic acids is 2. The highest BCUT2D eigenvalue weighted by Crippen LogP contribution is 2.26. The molecule has 1 heterocycles. The van der Waals surface area contributed by atoms with E-state index in [1.807, 2.05) is 17.0 Å². The van der Waals surface area contributed by atoms with Gasteiger partial charge in [0.2, 0.25) is 5.91 Å². The standard InChI is InChI=1S/C19H29N3O2/c1-13(2)18(16-9-5-4-7-14(16)3)21-19(24)22-10-6-8-15(12-22)11-17(20)23/h4-5,7,9,13,15,18H,6,8,10-12H2,1-3H3,(H2,20,23)(H,21,24)/t15-,18-/m0/s1. The van der Waals surface area contributed by atoms with E-state index in [1.165, 1.54) is 5.56 Å². The van der Waals surface area contributed by atoms with Crippen LogP contribution in [0.1, 0.15) is 50.3 Å². The van der Waals surface area contributed by atoms with Gasteiger partial charge in [0.25, 0.3) is 0 Å². The van der Waals surface area contributed by atoms with Crippen LogP contribution >= 0.6 is 0 Å². The summed E-state index contributed by atoms with van der Waals surface area (Å²) in [4.78, 5) is 25.7. The zero-order chi connectivity index (χ0) is 17.7. The Morgan fingerprint density at radius 1 is 1.33 bits per heavy atom. The molecule has 1 aromatic carbocycles. The van der Waals surface area contributed by atoms with Crippen molar-refractivity contribution in [2.24, 2.45) is 17.6 Å². The number of nitrogens with two attached hydrogens (primary N) is 1. The molecule has 1 aliphatic heterocycles. The number of primary amides is 1. The van der Waals surface area contributed by atoms with Gasteiger partial charge in [0.05, 0.1) is 6.04 Å². The van der Waals surface area contributed by atoms with Crippen LogP contribution in [-0.2, 0) is 4.79 Å². The number of rotatable bonds is 5. The molecule has 0 unspecified atom stereocenters. The molecule has 3 N–H and O–H groups in total. The Labute approximate surface area is 144 Å². The minimum Gasteiger partial charge on any atom is -0.370 e. The first-order valence-electron chi connectivity index (χ1n) is 8.77. The van der Waals surface area contributed by atoms with Gasteiger partial charge in [-0.15, -0.1) is 0 Å². The summed E-state index contributed by atoms with van der Waals surface area (Å²) in [6, 6.07) is 8.10. The molecule has 0 spiro atoms. The Kier molecular flexibility index (Phi) is 6.23. The van der Waals surface area contributed by atoms with Crippen molar-refractivity contribution in [1.82, 2.24) is 10.2 Å². The number of amides is 3. The third kappa shape index (κ3) is 4.73. The number of likely N-dealkylation sites (tertiary alicyclic amines) is 1. The van der Waals surface area contributed by atoms with Crippen LogP contribution in [0, 0.1) is 18.8 Å². The quantitative estimate of drug-likeness (QED) is 0.870. The summed E-state index contributed by atoms with van der Waals surface area (Å²) in [5.41, 5.74) is 7.64. The monoisotopic (exact) mass is 331 g/mol. The molecule has 0 bridgehead atoms. The van der Waals surface area contributed by atoms with Gasteiger partial charge in [-0.05, 0) is 42.7 Å². The predicted molar refractivity (Wildman–Crippen MR) is 95.4 cm³/mol. The minimum absolute atomic E-state index is 0.0183. The number of nitrogens with zero attached hydrogens (tertiary/aromatic N) is 1. The topological polar surface area (TPSA) is 75.4 Å². The molecule has 0 aromatic heterocycles. The van der Waals surface area contributed by atoms with Gasteiger partial charge in [-0.2, -0.15) is 0 Å². The Bertz CT molecular complexity index is 586. The second-order valence-electron chi connectivity index (χ2n) is 7.15. The normalized spacial score (nSPS) is 19.2. The smallest absolute Gasteiger partial charge is 0.317 e. The van der Waals surface area contributed by atoms with Crippen molar-refractivity contribution < 1.29 is 9.59 Å². The predicted octanol–water partition coefficient (Wildman–Crippen LogP) is 2.99. The molecule has 132 valence electrons. The maximum Gasteiger partial charge on any atom is 0.317 e. The van der Waals surface area contributed by atoms with Crippen LogP contribution in [0.3, 0.4) is 0 Å². The number of piperidine rings is 1. The van der Waals surface area contributed by atoms with Crippen LogP contribution < -0.4 is 11.1 Å². The molecule has 0 aliphatic carbocycles. The number of hydrogen-bond donors (Lipinski definition) is 2. The zero-order valence-corrected chi connectivity index (χ0v) is 14.9. The van der Waals surface area contributed by atoms with E-state index in [0.29, 0.717) is 18.9 Å². The van der Waals surface area contributed by atoms with Crippen LogP contribution in [0.25, 0.3) is 0 Å². The molecule has 2 atom stereocenters. The third-order valence-electron chi connectivity index (χ3n) is 4.77. The molecule has 1 aromatic rings. The molecule has 5 heteroatoms. The number of hydrogen-bond acceptors (Lipinski definition) is 2. The van der Waals surface area contributed by atoms with E-state index >= 15 is 0 Å². The molecule has 0 radical (unpaired) electrons. The Balaban J connectivity index is 2.05. The number of aryl methyl sites for hydroxylation is 1. The lowest BCUT2D eigenvalue weighted by Gasteiger charge is -2.34. The lowest BCUT2D eigenvalue weighted by molar-refractivity contribution is -0.119. The molecule has 24 heavy (non-hydrogen) atoms. The van der Waals surface area contributed by atoms with Crippen LogP contribution in [0.2, 0.25) is 0 Å². The summed E-state index contributed by atoms with van der Waals surface area (Å²) in [5, 5.41) is 3.19. The van der Waals surface area contributed by atoms with E-state index in [9.17, 15) is 9.59 Å². The number of carbonyl (C=O) groups is 2. The fourth-order valence-electron chi connectivity index (χ4n) is 3.46. The van der Waals surface area contributed by atoms with E-state index < -0.39 is 0 Å². The van der Waals surface area contributed by atoms with Crippen LogP contribution in [-0.4, -0.2) is 29.9 Å². The van der Waals surface area contributed by atoms with E-state index in [0.717, 1.165) is 24.9 Å². The van der Waals surface area contributed by atoms with Gasteiger partial charge in [0.15, 0.2) is 0 Å². The molecule has 5 nitrogen and oxygen atoms in total. The summed E-state index contributed by atoms with van der Waals surface area (Å²) in [5.74, 6) is 0.182. The average Bonchev–Trinajstić information content (AvgIpc) is 2.52. The number of urea groups is 1. The molecule has 1 fully saturated rings. The van der Waals surface area contributed by atoms with Gasteiger partial charge >= 0.3 is 6.03 Å². The highest BCUT2D eigenvalue weighted by atomic mass is 16.2. The summed E-state index contributed by atoms with van der Waals surface area (Å²) in [6.45, 7) is 7.64. The van der Waals surface area contributed by atoms with Crippen molar-refractivity contribution in [3.05, 3.63) is 35.4 Å². The van der Waals surface area contributed by atoms with E-state index in [4.69, 9.17) is 5.73 Å². The third-order valence-corrected chi connectivity index (χ3v) is 4.77. The van der Waals surface area contributed by atoms with E-state index in [1.54, 1.807) is 0 Å². The molecular formula is C19H29N3O2. The van der Waals surface area contributed by atoms with Gasteiger partial charge in [-0.1, -0.05) is 38.1 Å². The maximum absolute atomic E-state index is 12.7. The Morgan fingerprint density at radius 2 is 2.04 bits per heavy atom. The first kappa shape index (κ1) is 18.3. The van der Waals surface area contributed by atoms with Crippen molar-refractivity contribution in [3.8, 4) is 0 Å². The van der Waals surface area contributed by atoms with Crippen LogP contribution in [0.15, 0.2) is 24.3 Å². The summed E-state index contributed by atoms with van der Waals surface area (Å²) >= 11 is 0. The molecule has 3 amide bonds. The highest BCUT2D eigenvalue weighted by molar-refractivity contribution is 5.76. The summed E-state index contributed by atoms with van der Waals surface area (Å²) in [6.07, 6.45) is 2.23. The SMILES string of the molecule is Cc1ccccc1[C@@H](NC(=O)N1CCC[C@@H](CC(N)=O)C1)C(C)C. The first-order valence-corrected chi connectivity index (χ1v) is 8.77. The van der Waals surface area contributed by atoms with Gasteiger partial charge < -0.3 is 16.0 Å². The lowest BCUT2D eigenvalue weighted by Crippen LogP contribution is -2.47. The Morgan fingerprint density at radius 3 is 2.67 bits per heavy atom. The summed E-state index contributed by atoms with van der Waals surface area (Å²) in [7, 11) is 0. The fraction of sp³-hybridized carbons (Fsp3) is 0.579. The maximum atomic E-state index is 12.7.